The second-order valence-corrected chi connectivity index (χ2v) is 6.44. The fraction of sp³-hybridized carbons (Fsp3) is 0.467. The van der Waals surface area contributed by atoms with Crippen molar-refractivity contribution in [3.8, 4) is 0 Å². The van der Waals surface area contributed by atoms with Crippen molar-refractivity contribution in [1.82, 2.24) is 4.90 Å². The van der Waals surface area contributed by atoms with Gasteiger partial charge in [-0.05, 0) is 24.4 Å². The van der Waals surface area contributed by atoms with E-state index in [1.807, 2.05) is 36.9 Å². The number of anilines is 2. The van der Waals surface area contributed by atoms with E-state index in [1.54, 1.807) is 0 Å². The molecule has 0 radical (unpaired) electrons. The molecule has 1 aromatic rings. The summed E-state index contributed by atoms with van der Waals surface area (Å²) in [4.78, 5) is 16.1. The zero-order valence-corrected chi connectivity index (χ0v) is 14.4. The number of nitrogens with zero attached hydrogens (tertiary/aromatic N) is 2. The molecule has 1 aliphatic rings. The number of nitrogens with two attached hydrogens (primary N) is 1. The quantitative estimate of drug-likeness (QED) is 0.827. The lowest BCUT2D eigenvalue weighted by molar-refractivity contribution is -0.134. The van der Waals surface area contributed by atoms with Gasteiger partial charge in [-0.1, -0.05) is 31.5 Å². The SMILES string of the molecule is CC(C)C(=O)N1CCN(c2c(Cl)cccc2NC(N)=S)CC1. The standard InChI is InChI=1S/C15H21ClN4OS/c1-10(2)14(21)20-8-6-19(7-9-20)13-11(16)4-3-5-12(13)18-15(17)22/h3-5,10H,6-9H2,1-2H3,(H3,17,18,22). The predicted molar refractivity (Wildman–Crippen MR) is 95.5 cm³/mol. The maximum Gasteiger partial charge on any atom is 0.225 e. The van der Waals surface area contributed by atoms with Gasteiger partial charge in [0.2, 0.25) is 5.91 Å². The number of piperazine rings is 1. The molecular formula is C15H21ClN4OS. The topological polar surface area (TPSA) is 61.6 Å². The van der Waals surface area contributed by atoms with Crippen molar-refractivity contribution < 1.29 is 4.79 Å². The first-order chi connectivity index (χ1) is 10.4. The van der Waals surface area contributed by atoms with Crippen molar-refractivity contribution in [3.63, 3.8) is 0 Å². The second kappa shape index (κ2) is 7.15. The van der Waals surface area contributed by atoms with E-state index in [4.69, 9.17) is 29.6 Å². The molecule has 1 aromatic carbocycles. The second-order valence-electron chi connectivity index (χ2n) is 5.59. The van der Waals surface area contributed by atoms with E-state index < -0.39 is 0 Å². The number of carbonyl (C=O) groups is 1. The number of rotatable bonds is 3. The van der Waals surface area contributed by atoms with Crippen LogP contribution in [0.2, 0.25) is 5.02 Å². The highest BCUT2D eigenvalue weighted by atomic mass is 35.5. The summed E-state index contributed by atoms with van der Waals surface area (Å²) in [5, 5.41) is 3.82. The van der Waals surface area contributed by atoms with Crippen molar-refractivity contribution in [2.75, 3.05) is 36.4 Å². The van der Waals surface area contributed by atoms with Crippen LogP contribution in [0, 0.1) is 5.92 Å². The Labute approximate surface area is 141 Å². The Morgan fingerprint density at radius 1 is 1.32 bits per heavy atom. The molecule has 2 rings (SSSR count). The van der Waals surface area contributed by atoms with Crippen molar-refractivity contribution in [3.05, 3.63) is 23.2 Å². The first kappa shape index (κ1) is 16.8. The van der Waals surface area contributed by atoms with Gasteiger partial charge >= 0.3 is 0 Å². The molecule has 7 heteroatoms. The molecule has 120 valence electrons. The highest BCUT2D eigenvalue weighted by Gasteiger charge is 2.25. The van der Waals surface area contributed by atoms with Crippen LogP contribution in [-0.2, 0) is 4.79 Å². The van der Waals surface area contributed by atoms with Crippen LogP contribution >= 0.6 is 23.8 Å². The predicted octanol–water partition coefficient (Wildman–Crippen LogP) is 2.30. The van der Waals surface area contributed by atoms with Gasteiger partial charge in [0.25, 0.3) is 0 Å². The molecule has 3 N–H and O–H groups in total. The number of amides is 1. The third kappa shape index (κ3) is 3.81. The number of nitrogens with one attached hydrogen (secondary N) is 1. The van der Waals surface area contributed by atoms with Gasteiger partial charge in [-0.15, -0.1) is 0 Å². The van der Waals surface area contributed by atoms with E-state index in [0.717, 1.165) is 24.5 Å². The van der Waals surface area contributed by atoms with Crippen LogP contribution in [0.15, 0.2) is 18.2 Å². The normalized spacial score (nSPS) is 15.1. The summed E-state index contributed by atoms with van der Waals surface area (Å²) in [5.74, 6) is 0.221. The lowest BCUT2D eigenvalue weighted by atomic mass is 10.1. The Hall–Kier alpha value is -1.53. The first-order valence-electron chi connectivity index (χ1n) is 7.29. The minimum absolute atomic E-state index is 0.0266. The Bertz CT molecular complexity index is 571. The molecule has 0 saturated carbocycles. The molecule has 1 amide bonds. The minimum atomic E-state index is 0.0266. The largest absolute Gasteiger partial charge is 0.376 e. The van der Waals surface area contributed by atoms with Gasteiger partial charge in [-0.2, -0.15) is 0 Å². The Morgan fingerprint density at radius 2 is 1.95 bits per heavy atom. The van der Waals surface area contributed by atoms with Crippen molar-refractivity contribution in [2.24, 2.45) is 11.7 Å². The number of thiocarbonyl (C=S) groups is 1. The van der Waals surface area contributed by atoms with E-state index >= 15 is 0 Å². The molecule has 1 heterocycles. The molecule has 0 atom stereocenters. The van der Waals surface area contributed by atoms with Crippen molar-refractivity contribution >= 4 is 46.2 Å². The third-order valence-electron chi connectivity index (χ3n) is 3.65. The van der Waals surface area contributed by atoms with Gasteiger partial charge in [0, 0.05) is 32.1 Å². The summed E-state index contributed by atoms with van der Waals surface area (Å²) in [6.45, 7) is 6.69. The summed E-state index contributed by atoms with van der Waals surface area (Å²) >= 11 is 11.3. The molecule has 0 spiro atoms. The smallest absolute Gasteiger partial charge is 0.225 e. The molecule has 0 aromatic heterocycles. The number of hydrogen-bond acceptors (Lipinski definition) is 3. The number of hydrogen-bond donors (Lipinski definition) is 2. The van der Waals surface area contributed by atoms with Crippen LogP contribution in [0.5, 0.6) is 0 Å². The molecule has 5 nitrogen and oxygen atoms in total. The zero-order chi connectivity index (χ0) is 16.3. The average molecular weight is 341 g/mol. The summed E-state index contributed by atoms with van der Waals surface area (Å²) in [5.41, 5.74) is 7.25. The van der Waals surface area contributed by atoms with Gasteiger partial charge in [-0.25, -0.2) is 0 Å². The number of para-hydroxylation sites is 1. The maximum atomic E-state index is 12.1. The van der Waals surface area contributed by atoms with Crippen LogP contribution < -0.4 is 16.0 Å². The van der Waals surface area contributed by atoms with Crippen LogP contribution in [0.3, 0.4) is 0 Å². The third-order valence-corrected chi connectivity index (χ3v) is 4.05. The molecular weight excluding hydrogens is 320 g/mol. The van der Waals surface area contributed by atoms with Gasteiger partial charge in [-0.3, -0.25) is 4.79 Å². The Kier molecular flexibility index (Phi) is 5.47. The van der Waals surface area contributed by atoms with Gasteiger partial charge in [0.1, 0.15) is 0 Å². The van der Waals surface area contributed by atoms with Gasteiger partial charge < -0.3 is 20.9 Å². The summed E-state index contributed by atoms with van der Waals surface area (Å²) in [6.07, 6.45) is 0. The number of carbonyl (C=O) groups excluding carboxylic acids is 1. The fourth-order valence-electron chi connectivity index (χ4n) is 2.59. The highest BCUT2D eigenvalue weighted by Crippen LogP contribution is 2.34. The summed E-state index contributed by atoms with van der Waals surface area (Å²) in [6, 6.07) is 5.59. The van der Waals surface area contributed by atoms with Crippen LogP contribution in [0.4, 0.5) is 11.4 Å². The van der Waals surface area contributed by atoms with Gasteiger partial charge in [0.15, 0.2) is 5.11 Å². The lowest BCUT2D eigenvalue weighted by Gasteiger charge is -2.38. The molecule has 1 aliphatic heterocycles. The highest BCUT2D eigenvalue weighted by molar-refractivity contribution is 7.80. The molecule has 1 saturated heterocycles. The van der Waals surface area contributed by atoms with Gasteiger partial charge in [0.05, 0.1) is 16.4 Å². The minimum Gasteiger partial charge on any atom is -0.376 e. The van der Waals surface area contributed by atoms with E-state index in [9.17, 15) is 4.79 Å². The van der Waals surface area contributed by atoms with E-state index in [0.29, 0.717) is 18.1 Å². The Morgan fingerprint density at radius 3 is 2.50 bits per heavy atom. The average Bonchev–Trinajstić information content (AvgIpc) is 2.46. The molecule has 0 aliphatic carbocycles. The van der Waals surface area contributed by atoms with Crippen molar-refractivity contribution in [2.45, 2.75) is 13.8 Å². The van der Waals surface area contributed by atoms with Crippen LogP contribution in [0.1, 0.15) is 13.8 Å². The molecule has 0 bridgehead atoms. The van der Waals surface area contributed by atoms with Crippen LogP contribution in [0.25, 0.3) is 0 Å². The zero-order valence-electron chi connectivity index (χ0n) is 12.8. The fourth-order valence-corrected chi connectivity index (χ4v) is 2.99. The van der Waals surface area contributed by atoms with Crippen molar-refractivity contribution in [1.29, 1.82) is 0 Å². The molecule has 22 heavy (non-hydrogen) atoms. The molecule has 1 fully saturated rings. The van der Waals surface area contributed by atoms with Crippen LogP contribution in [-0.4, -0.2) is 42.1 Å². The van der Waals surface area contributed by atoms with E-state index in [1.165, 1.54) is 0 Å². The summed E-state index contributed by atoms with van der Waals surface area (Å²) < 4.78 is 0. The monoisotopic (exact) mass is 340 g/mol. The number of halogens is 1. The molecule has 0 unspecified atom stereocenters. The lowest BCUT2D eigenvalue weighted by Crippen LogP contribution is -2.50. The maximum absolute atomic E-state index is 12.1. The summed E-state index contributed by atoms with van der Waals surface area (Å²) in [7, 11) is 0. The van der Waals surface area contributed by atoms with E-state index in [2.05, 4.69) is 10.2 Å². The number of benzene rings is 1. The first-order valence-corrected chi connectivity index (χ1v) is 8.07. The Balaban J connectivity index is 2.14. The van der Waals surface area contributed by atoms with E-state index in [-0.39, 0.29) is 16.9 Å².